The van der Waals surface area contributed by atoms with Gasteiger partial charge in [0, 0.05) is 27.7 Å². The second-order valence-electron chi connectivity index (χ2n) is 6.29. The fourth-order valence-corrected chi connectivity index (χ4v) is 3.29. The maximum Gasteiger partial charge on any atom is 0.374 e. The van der Waals surface area contributed by atoms with Crippen molar-refractivity contribution in [2.75, 3.05) is 0 Å². The van der Waals surface area contributed by atoms with Gasteiger partial charge in [-0.2, -0.15) is 0 Å². The van der Waals surface area contributed by atoms with E-state index in [1.807, 2.05) is 25.1 Å². The number of aryl methyl sites for hydroxylation is 2. The van der Waals surface area contributed by atoms with Gasteiger partial charge in [-0.05, 0) is 43.7 Å². The molecule has 0 bridgehead atoms. The highest BCUT2D eigenvalue weighted by atomic mass is 79.9. The lowest BCUT2D eigenvalue weighted by atomic mass is 10.1. The highest BCUT2D eigenvalue weighted by molar-refractivity contribution is 9.10. The van der Waals surface area contributed by atoms with Crippen LogP contribution in [-0.2, 0) is 11.3 Å². The highest BCUT2D eigenvalue weighted by Gasteiger charge is 2.19. The molecule has 0 spiro atoms. The lowest BCUT2D eigenvalue weighted by Crippen LogP contribution is -2.17. The molecule has 4 aromatic rings. The third-order valence-electron chi connectivity index (χ3n) is 4.30. The van der Waals surface area contributed by atoms with Crippen LogP contribution in [0.25, 0.3) is 16.6 Å². The maximum absolute atomic E-state index is 12.4. The normalized spacial score (nSPS) is 11.2. The van der Waals surface area contributed by atoms with E-state index in [2.05, 4.69) is 20.9 Å². The van der Waals surface area contributed by atoms with Crippen LogP contribution in [0.3, 0.4) is 0 Å². The average molecular weight is 427 g/mol. The molecule has 0 fully saturated rings. The first-order valence-corrected chi connectivity index (χ1v) is 9.06. The summed E-state index contributed by atoms with van der Waals surface area (Å²) < 4.78 is 13.3. The van der Waals surface area contributed by atoms with Gasteiger partial charge in [0.05, 0.1) is 5.69 Å². The van der Waals surface area contributed by atoms with Crippen LogP contribution in [-0.4, -0.2) is 15.4 Å². The number of halogens is 1. The number of carbonyl (C=O) groups excluding carboxylic acids is 1. The molecule has 0 N–H and O–H groups in total. The number of esters is 1. The molecule has 7 heteroatoms. The number of hydrogen-bond acceptors (Lipinski definition) is 5. The van der Waals surface area contributed by atoms with E-state index in [1.54, 1.807) is 25.3 Å². The molecule has 0 aliphatic carbocycles. The summed E-state index contributed by atoms with van der Waals surface area (Å²) in [6, 6.07) is 10.5. The van der Waals surface area contributed by atoms with E-state index in [-0.39, 0.29) is 17.9 Å². The zero-order chi connectivity index (χ0) is 19.1. The van der Waals surface area contributed by atoms with Gasteiger partial charge in [-0.1, -0.05) is 22.0 Å². The van der Waals surface area contributed by atoms with Crippen molar-refractivity contribution in [1.29, 1.82) is 0 Å². The molecule has 0 radical (unpaired) electrons. The Bertz CT molecular complexity index is 1260. The largest absolute Gasteiger partial charge is 0.453 e. The third-order valence-corrected chi connectivity index (χ3v) is 4.79. The van der Waals surface area contributed by atoms with Crippen molar-refractivity contribution in [2.45, 2.75) is 20.5 Å². The predicted molar refractivity (Wildman–Crippen MR) is 104 cm³/mol. The van der Waals surface area contributed by atoms with Gasteiger partial charge in [0.15, 0.2) is 0 Å². The summed E-state index contributed by atoms with van der Waals surface area (Å²) in [5.41, 5.74) is 2.94. The van der Waals surface area contributed by atoms with Gasteiger partial charge in [-0.25, -0.2) is 9.78 Å². The molecule has 0 aliphatic rings. The Morgan fingerprint density at radius 3 is 2.85 bits per heavy atom. The zero-order valence-corrected chi connectivity index (χ0v) is 16.2. The first-order valence-electron chi connectivity index (χ1n) is 8.27. The van der Waals surface area contributed by atoms with E-state index in [1.165, 1.54) is 10.5 Å². The summed E-state index contributed by atoms with van der Waals surface area (Å²) in [6.07, 6.45) is 1.72. The molecule has 0 amide bonds. The minimum Gasteiger partial charge on any atom is -0.453 e. The standard InChI is InChI=1S/C20H15BrN2O4/c1-11-3-6-17-22-14(8-18(24)23(17)9-11)10-26-20(25)19-12(2)15-7-13(21)4-5-16(15)27-19/h3-9H,10H2,1-2H3. The molecule has 27 heavy (non-hydrogen) atoms. The van der Waals surface area contributed by atoms with Crippen LogP contribution >= 0.6 is 15.9 Å². The van der Waals surface area contributed by atoms with E-state index in [0.29, 0.717) is 22.5 Å². The Morgan fingerprint density at radius 1 is 1.22 bits per heavy atom. The number of benzene rings is 1. The molecule has 1 aromatic carbocycles. The van der Waals surface area contributed by atoms with E-state index < -0.39 is 5.97 Å². The van der Waals surface area contributed by atoms with E-state index in [4.69, 9.17) is 9.15 Å². The van der Waals surface area contributed by atoms with Crippen molar-refractivity contribution in [2.24, 2.45) is 0 Å². The molecular weight excluding hydrogens is 412 g/mol. The van der Waals surface area contributed by atoms with Crippen LogP contribution < -0.4 is 5.56 Å². The topological polar surface area (TPSA) is 73.8 Å². The Balaban J connectivity index is 1.59. The number of pyridine rings is 1. The second-order valence-corrected chi connectivity index (χ2v) is 7.21. The second kappa shape index (κ2) is 6.66. The van der Waals surface area contributed by atoms with Gasteiger partial charge in [-0.3, -0.25) is 9.20 Å². The third kappa shape index (κ3) is 3.26. The van der Waals surface area contributed by atoms with Crippen molar-refractivity contribution < 1.29 is 13.9 Å². The summed E-state index contributed by atoms with van der Waals surface area (Å²) in [6.45, 7) is 3.59. The smallest absolute Gasteiger partial charge is 0.374 e. The number of fused-ring (bicyclic) bond motifs is 2. The molecule has 4 rings (SSSR count). The maximum atomic E-state index is 12.4. The minimum atomic E-state index is -0.592. The SMILES string of the molecule is Cc1ccc2nc(COC(=O)c3oc4ccc(Br)cc4c3C)cc(=O)n2c1. The van der Waals surface area contributed by atoms with Gasteiger partial charge in [-0.15, -0.1) is 0 Å². The molecule has 136 valence electrons. The number of carbonyl (C=O) groups is 1. The molecule has 3 aromatic heterocycles. The molecule has 0 aliphatic heterocycles. The lowest BCUT2D eigenvalue weighted by molar-refractivity contribution is 0.0432. The first kappa shape index (κ1) is 17.5. The quantitative estimate of drug-likeness (QED) is 0.459. The monoisotopic (exact) mass is 426 g/mol. The van der Waals surface area contributed by atoms with Gasteiger partial charge < -0.3 is 9.15 Å². The molecule has 0 saturated heterocycles. The number of aromatic nitrogens is 2. The summed E-state index contributed by atoms with van der Waals surface area (Å²) in [7, 11) is 0. The van der Waals surface area contributed by atoms with Crippen LogP contribution in [0, 0.1) is 13.8 Å². The Labute approximate surface area is 162 Å². The molecule has 0 atom stereocenters. The van der Waals surface area contributed by atoms with Crippen molar-refractivity contribution >= 4 is 38.5 Å². The van der Waals surface area contributed by atoms with Crippen LogP contribution in [0.4, 0.5) is 0 Å². The molecule has 3 heterocycles. The molecule has 6 nitrogen and oxygen atoms in total. The fourth-order valence-electron chi connectivity index (χ4n) is 2.93. The number of ether oxygens (including phenoxy) is 1. The molecular formula is C20H15BrN2O4. The lowest BCUT2D eigenvalue weighted by Gasteiger charge is -2.06. The van der Waals surface area contributed by atoms with Crippen LogP contribution in [0.15, 0.2) is 56.3 Å². The van der Waals surface area contributed by atoms with Crippen LogP contribution in [0.5, 0.6) is 0 Å². The highest BCUT2D eigenvalue weighted by Crippen LogP contribution is 2.28. The zero-order valence-electron chi connectivity index (χ0n) is 14.7. The number of rotatable bonds is 3. The first-order chi connectivity index (χ1) is 12.9. The van der Waals surface area contributed by atoms with Crippen LogP contribution in [0.1, 0.15) is 27.4 Å². The Morgan fingerprint density at radius 2 is 2.04 bits per heavy atom. The van der Waals surface area contributed by atoms with Crippen LogP contribution in [0.2, 0.25) is 0 Å². The minimum absolute atomic E-state index is 0.112. The number of nitrogens with zero attached hydrogens (tertiary/aromatic N) is 2. The summed E-state index contributed by atoms with van der Waals surface area (Å²) in [4.78, 5) is 29.0. The Hall–Kier alpha value is -2.93. The van der Waals surface area contributed by atoms with Gasteiger partial charge in [0.25, 0.3) is 5.56 Å². The van der Waals surface area contributed by atoms with Crippen molar-refractivity contribution in [1.82, 2.24) is 9.38 Å². The van der Waals surface area contributed by atoms with Gasteiger partial charge in [0.1, 0.15) is 17.8 Å². The number of furan rings is 1. The summed E-state index contributed by atoms with van der Waals surface area (Å²) >= 11 is 3.41. The average Bonchev–Trinajstić information content (AvgIpc) is 2.97. The van der Waals surface area contributed by atoms with E-state index >= 15 is 0 Å². The van der Waals surface area contributed by atoms with E-state index in [9.17, 15) is 9.59 Å². The predicted octanol–water partition coefficient (Wildman–Crippen LogP) is 4.18. The van der Waals surface area contributed by atoms with E-state index in [0.717, 1.165) is 15.4 Å². The van der Waals surface area contributed by atoms with Crippen molar-refractivity contribution in [3.8, 4) is 0 Å². The molecule has 0 saturated carbocycles. The summed E-state index contributed by atoms with van der Waals surface area (Å²) in [5, 5.41) is 0.841. The van der Waals surface area contributed by atoms with Gasteiger partial charge in [0.2, 0.25) is 5.76 Å². The Kier molecular flexibility index (Phi) is 4.31. The van der Waals surface area contributed by atoms with Crippen molar-refractivity contribution in [3.63, 3.8) is 0 Å². The number of hydrogen-bond donors (Lipinski definition) is 0. The molecule has 0 unspecified atom stereocenters. The fraction of sp³-hybridized carbons (Fsp3) is 0.150. The summed E-state index contributed by atoms with van der Waals surface area (Å²) in [5.74, 6) is -0.443. The van der Waals surface area contributed by atoms with Crippen molar-refractivity contribution in [3.05, 3.63) is 80.0 Å². The van der Waals surface area contributed by atoms with Gasteiger partial charge >= 0.3 is 5.97 Å².